The monoisotopic (exact) mass is 228 g/mol. The van der Waals surface area contributed by atoms with Gasteiger partial charge in [-0.05, 0) is 30.3 Å². The Morgan fingerprint density at radius 2 is 1.94 bits per heavy atom. The molecule has 1 heterocycles. The van der Waals surface area contributed by atoms with E-state index in [2.05, 4.69) is 9.98 Å². The molecule has 86 valence electrons. The van der Waals surface area contributed by atoms with Gasteiger partial charge >= 0.3 is 0 Å². The molecule has 4 heteroatoms. The Morgan fingerprint density at radius 1 is 1.18 bits per heavy atom. The Hall–Kier alpha value is -2.36. The van der Waals surface area contributed by atoms with Crippen LogP contribution < -0.4 is 4.74 Å². The first kappa shape index (κ1) is 11.1. The lowest BCUT2D eigenvalue weighted by molar-refractivity contribution is 0.397. The molecule has 2 aromatic rings. The second-order valence-electron chi connectivity index (χ2n) is 3.38. The van der Waals surface area contributed by atoms with Gasteiger partial charge in [-0.15, -0.1) is 0 Å². The lowest BCUT2D eigenvalue weighted by Crippen LogP contribution is -1.91. The van der Waals surface area contributed by atoms with Gasteiger partial charge < -0.3 is 9.84 Å². The summed E-state index contributed by atoms with van der Waals surface area (Å²) in [5, 5.41) is 9.13. The highest BCUT2D eigenvalue weighted by molar-refractivity contribution is 5.79. The smallest absolute Gasteiger partial charge is 0.213 e. The summed E-state index contributed by atoms with van der Waals surface area (Å²) in [6.45, 7) is 0. The SMILES string of the molecule is COc1cccc(C=Nc2ccc(O)cc2)n1. The average molecular weight is 228 g/mol. The molecule has 17 heavy (non-hydrogen) atoms. The summed E-state index contributed by atoms with van der Waals surface area (Å²) in [5.74, 6) is 0.781. The molecule has 0 amide bonds. The van der Waals surface area contributed by atoms with Crippen LogP contribution in [0.15, 0.2) is 47.5 Å². The van der Waals surface area contributed by atoms with Crippen molar-refractivity contribution in [2.24, 2.45) is 4.99 Å². The zero-order chi connectivity index (χ0) is 12.1. The van der Waals surface area contributed by atoms with Gasteiger partial charge in [-0.1, -0.05) is 6.07 Å². The molecule has 0 radical (unpaired) electrons. The van der Waals surface area contributed by atoms with Gasteiger partial charge in [-0.25, -0.2) is 4.98 Å². The molecule has 0 saturated heterocycles. The number of aliphatic imine (C=N–C) groups is 1. The van der Waals surface area contributed by atoms with Gasteiger partial charge in [0, 0.05) is 6.07 Å². The maximum Gasteiger partial charge on any atom is 0.213 e. The number of benzene rings is 1. The molecule has 4 nitrogen and oxygen atoms in total. The van der Waals surface area contributed by atoms with E-state index in [4.69, 9.17) is 9.84 Å². The van der Waals surface area contributed by atoms with Crippen molar-refractivity contribution < 1.29 is 9.84 Å². The van der Waals surface area contributed by atoms with Gasteiger partial charge in [0.05, 0.1) is 24.7 Å². The molecule has 0 unspecified atom stereocenters. The molecular formula is C13H12N2O2. The van der Waals surface area contributed by atoms with E-state index in [0.717, 1.165) is 11.4 Å². The van der Waals surface area contributed by atoms with Crippen LogP contribution >= 0.6 is 0 Å². The number of ether oxygens (including phenoxy) is 1. The Bertz CT molecular complexity index is 521. The summed E-state index contributed by atoms with van der Waals surface area (Å²) >= 11 is 0. The van der Waals surface area contributed by atoms with E-state index in [1.807, 2.05) is 12.1 Å². The molecule has 0 aliphatic rings. The molecule has 2 rings (SSSR count). The van der Waals surface area contributed by atoms with Crippen LogP contribution in [0.1, 0.15) is 5.69 Å². The number of aromatic nitrogens is 1. The molecule has 0 fully saturated rings. The summed E-state index contributed by atoms with van der Waals surface area (Å²) in [4.78, 5) is 8.44. The summed E-state index contributed by atoms with van der Waals surface area (Å²) in [5.41, 5.74) is 1.48. The first-order valence-corrected chi connectivity index (χ1v) is 5.12. The van der Waals surface area contributed by atoms with Crippen LogP contribution in [0.5, 0.6) is 11.6 Å². The molecule has 1 N–H and O–H groups in total. The maximum atomic E-state index is 9.13. The van der Waals surface area contributed by atoms with Gasteiger partial charge in [0.2, 0.25) is 5.88 Å². The van der Waals surface area contributed by atoms with Gasteiger partial charge in [-0.2, -0.15) is 0 Å². The molecule has 0 saturated carbocycles. The quantitative estimate of drug-likeness (QED) is 0.821. The predicted octanol–water partition coefficient (Wildman–Crippen LogP) is 2.55. The van der Waals surface area contributed by atoms with Crippen LogP contribution in [0, 0.1) is 0 Å². The number of aromatic hydroxyl groups is 1. The fourth-order valence-electron chi connectivity index (χ4n) is 1.30. The number of phenolic OH excluding ortho intramolecular Hbond substituents is 1. The Morgan fingerprint density at radius 3 is 2.65 bits per heavy atom. The normalized spacial score (nSPS) is 10.6. The summed E-state index contributed by atoms with van der Waals surface area (Å²) in [6, 6.07) is 12.1. The van der Waals surface area contributed by atoms with Crippen LogP contribution in [0.4, 0.5) is 5.69 Å². The van der Waals surface area contributed by atoms with E-state index in [1.54, 1.807) is 43.7 Å². The van der Waals surface area contributed by atoms with Gasteiger partial charge in [0.1, 0.15) is 5.75 Å². The van der Waals surface area contributed by atoms with Crippen LogP contribution in [0.3, 0.4) is 0 Å². The highest BCUT2D eigenvalue weighted by Gasteiger charge is 1.94. The second-order valence-corrected chi connectivity index (χ2v) is 3.38. The van der Waals surface area contributed by atoms with E-state index >= 15 is 0 Å². The van der Waals surface area contributed by atoms with Crippen LogP contribution in [0.2, 0.25) is 0 Å². The molecule has 0 aliphatic carbocycles. The third-order valence-electron chi connectivity index (χ3n) is 2.15. The molecule has 1 aromatic heterocycles. The maximum absolute atomic E-state index is 9.13. The van der Waals surface area contributed by atoms with Crippen LogP contribution in [-0.4, -0.2) is 23.4 Å². The number of pyridine rings is 1. The first-order chi connectivity index (χ1) is 8.28. The Labute approximate surface area is 99.2 Å². The molecule has 0 spiro atoms. The fourth-order valence-corrected chi connectivity index (χ4v) is 1.30. The second kappa shape index (κ2) is 5.12. The minimum atomic E-state index is 0.225. The fraction of sp³-hybridized carbons (Fsp3) is 0.0769. The summed E-state index contributed by atoms with van der Waals surface area (Å²) < 4.78 is 5.02. The van der Waals surface area contributed by atoms with Crippen molar-refractivity contribution in [3.8, 4) is 11.6 Å². The summed E-state index contributed by atoms with van der Waals surface area (Å²) in [6.07, 6.45) is 1.65. The van der Waals surface area contributed by atoms with Crippen molar-refractivity contribution in [2.75, 3.05) is 7.11 Å². The minimum absolute atomic E-state index is 0.225. The van der Waals surface area contributed by atoms with Gasteiger partial charge in [0.25, 0.3) is 0 Å². The zero-order valence-electron chi connectivity index (χ0n) is 9.37. The number of nitrogens with zero attached hydrogens (tertiary/aromatic N) is 2. The largest absolute Gasteiger partial charge is 0.508 e. The van der Waals surface area contributed by atoms with Gasteiger partial charge in [0.15, 0.2) is 0 Å². The lowest BCUT2D eigenvalue weighted by Gasteiger charge is -1.98. The van der Waals surface area contributed by atoms with E-state index in [-0.39, 0.29) is 5.75 Å². The van der Waals surface area contributed by atoms with E-state index in [0.29, 0.717) is 5.88 Å². The topological polar surface area (TPSA) is 54.7 Å². The molecule has 0 bridgehead atoms. The van der Waals surface area contributed by atoms with Crippen molar-refractivity contribution >= 4 is 11.9 Å². The number of hydrogen-bond acceptors (Lipinski definition) is 4. The van der Waals surface area contributed by atoms with Crippen molar-refractivity contribution in [2.45, 2.75) is 0 Å². The lowest BCUT2D eigenvalue weighted by atomic mass is 10.3. The van der Waals surface area contributed by atoms with Crippen molar-refractivity contribution in [3.63, 3.8) is 0 Å². The number of phenols is 1. The number of hydrogen-bond donors (Lipinski definition) is 1. The van der Waals surface area contributed by atoms with E-state index in [1.165, 1.54) is 0 Å². The van der Waals surface area contributed by atoms with Gasteiger partial charge in [-0.3, -0.25) is 4.99 Å². The van der Waals surface area contributed by atoms with Crippen molar-refractivity contribution in [3.05, 3.63) is 48.2 Å². The molecule has 1 aromatic carbocycles. The van der Waals surface area contributed by atoms with Crippen molar-refractivity contribution in [1.29, 1.82) is 0 Å². The molecular weight excluding hydrogens is 216 g/mol. The average Bonchev–Trinajstić information content (AvgIpc) is 2.38. The van der Waals surface area contributed by atoms with Crippen molar-refractivity contribution in [1.82, 2.24) is 4.98 Å². The van der Waals surface area contributed by atoms with E-state index in [9.17, 15) is 0 Å². The Kier molecular flexibility index (Phi) is 3.35. The predicted molar refractivity (Wildman–Crippen MR) is 66.1 cm³/mol. The highest BCUT2D eigenvalue weighted by Crippen LogP contribution is 2.16. The van der Waals surface area contributed by atoms with Crippen LogP contribution in [-0.2, 0) is 0 Å². The number of rotatable bonds is 3. The van der Waals surface area contributed by atoms with Crippen LogP contribution in [0.25, 0.3) is 0 Å². The Balaban J connectivity index is 2.16. The molecule has 0 atom stereocenters. The first-order valence-electron chi connectivity index (χ1n) is 5.12. The third kappa shape index (κ3) is 3.04. The minimum Gasteiger partial charge on any atom is -0.508 e. The molecule has 0 aliphatic heterocycles. The highest BCUT2D eigenvalue weighted by atomic mass is 16.5. The zero-order valence-corrected chi connectivity index (χ0v) is 9.37. The van der Waals surface area contributed by atoms with E-state index < -0.39 is 0 Å². The summed E-state index contributed by atoms with van der Waals surface area (Å²) in [7, 11) is 1.57. The third-order valence-corrected chi connectivity index (χ3v) is 2.15. The number of methoxy groups -OCH3 is 1. The standard InChI is InChI=1S/C13H12N2O2/c1-17-13-4-2-3-11(15-13)9-14-10-5-7-12(16)8-6-10/h2-9,16H,1H3.